The van der Waals surface area contributed by atoms with Crippen molar-refractivity contribution in [3.05, 3.63) is 23.4 Å². The molecule has 1 aliphatic carbocycles. The average molecular weight is 292 g/mol. The summed E-state index contributed by atoms with van der Waals surface area (Å²) in [4.78, 5) is 4.70. The molecule has 1 fully saturated rings. The van der Waals surface area contributed by atoms with E-state index in [4.69, 9.17) is 4.98 Å². The quantitative estimate of drug-likeness (QED) is 0.873. The van der Waals surface area contributed by atoms with E-state index in [1.165, 1.54) is 29.9 Å². The number of thioether (sulfide) groups is 1. The van der Waals surface area contributed by atoms with Crippen LogP contribution in [0.5, 0.6) is 0 Å². The van der Waals surface area contributed by atoms with Crippen molar-refractivity contribution >= 4 is 11.8 Å². The fourth-order valence-electron chi connectivity index (χ4n) is 3.19. The zero-order valence-corrected chi connectivity index (χ0v) is 14.3. The van der Waals surface area contributed by atoms with Crippen LogP contribution in [0.4, 0.5) is 0 Å². The lowest BCUT2D eigenvalue weighted by atomic mass is 9.87. The van der Waals surface area contributed by atoms with Crippen molar-refractivity contribution in [2.75, 3.05) is 6.54 Å². The van der Waals surface area contributed by atoms with Crippen LogP contribution in [0.2, 0.25) is 0 Å². The average Bonchev–Trinajstić information content (AvgIpc) is 2.61. The van der Waals surface area contributed by atoms with Gasteiger partial charge in [-0.3, -0.25) is 0 Å². The zero-order chi connectivity index (χ0) is 14.8. The lowest BCUT2D eigenvalue weighted by Crippen LogP contribution is -2.43. The number of aromatic nitrogens is 1. The molecule has 1 aromatic rings. The maximum absolute atomic E-state index is 4.70. The van der Waals surface area contributed by atoms with Gasteiger partial charge in [-0.1, -0.05) is 20.8 Å². The predicted molar refractivity (Wildman–Crippen MR) is 88.5 cm³/mol. The third kappa shape index (κ3) is 3.76. The first-order chi connectivity index (χ1) is 9.42. The van der Waals surface area contributed by atoms with Gasteiger partial charge in [0.15, 0.2) is 0 Å². The van der Waals surface area contributed by atoms with Crippen LogP contribution in [0.1, 0.15) is 51.3 Å². The van der Waals surface area contributed by atoms with Crippen LogP contribution in [0, 0.1) is 19.3 Å². The van der Waals surface area contributed by atoms with Gasteiger partial charge in [-0.2, -0.15) is 0 Å². The first-order valence-corrected chi connectivity index (χ1v) is 8.65. The Kier molecular flexibility index (Phi) is 5.14. The molecule has 0 saturated heterocycles. The number of nitrogens with one attached hydrogen (secondary N) is 1. The third-order valence-corrected chi connectivity index (χ3v) is 5.51. The van der Waals surface area contributed by atoms with E-state index in [1.807, 2.05) is 11.8 Å². The van der Waals surface area contributed by atoms with E-state index in [1.54, 1.807) is 0 Å². The molecule has 0 bridgehead atoms. The second-order valence-corrected chi connectivity index (χ2v) is 8.00. The Balaban J connectivity index is 2.10. The van der Waals surface area contributed by atoms with E-state index in [0.717, 1.165) is 12.2 Å². The minimum absolute atomic E-state index is 0.395. The van der Waals surface area contributed by atoms with E-state index in [0.29, 0.717) is 16.7 Å². The topological polar surface area (TPSA) is 24.9 Å². The number of rotatable bonds is 5. The molecule has 2 unspecified atom stereocenters. The van der Waals surface area contributed by atoms with Gasteiger partial charge in [-0.05, 0) is 62.8 Å². The van der Waals surface area contributed by atoms with Crippen LogP contribution < -0.4 is 5.32 Å². The van der Waals surface area contributed by atoms with Crippen molar-refractivity contribution in [3.8, 4) is 0 Å². The Morgan fingerprint density at radius 2 is 2.10 bits per heavy atom. The summed E-state index contributed by atoms with van der Waals surface area (Å²) in [6.07, 6.45) is 3.79. The van der Waals surface area contributed by atoms with Gasteiger partial charge in [0.25, 0.3) is 0 Å². The molecule has 0 spiro atoms. The molecular formula is C17H28N2S. The maximum atomic E-state index is 4.70. The van der Waals surface area contributed by atoms with Gasteiger partial charge >= 0.3 is 0 Å². The van der Waals surface area contributed by atoms with Crippen LogP contribution in [0.3, 0.4) is 0 Å². The lowest BCUT2D eigenvalue weighted by Gasteiger charge is -2.31. The number of hydrogen-bond acceptors (Lipinski definition) is 3. The highest BCUT2D eigenvalue weighted by Gasteiger charge is 2.42. The predicted octanol–water partition coefficient (Wildman–Crippen LogP) is 4.35. The molecule has 20 heavy (non-hydrogen) atoms. The molecule has 2 atom stereocenters. The van der Waals surface area contributed by atoms with Crippen LogP contribution >= 0.6 is 11.8 Å². The summed E-state index contributed by atoms with van der Waals surface area (Å²) in [6, 6.07) is 4.96. The maximum Gasteiger partial charge on any atom is 0.0968 e. The van der Waals surface area contributed by atoms with E-state index in [-0.39, 0.29) is 0 Å². The van der Waals surface area contributed by atoms with Gasteiger partial charge < -0.3 is 5.32 Å². The molecule has 1 heterocycles. The Morgan fingerprint density at radius 1 is 1.35 bits per heavy atom. The van der Waals surface area contributed by atoms with Crippen molar-refractivity contribution in [1.82, 2.24) is 10.3 Å². The highest BCUT2D eigenvalue weighted by molar-refractivity contribution is 7.99. The van der Waals surface area contributed by atoms with E-state index in [2.05, 4.69) is 52.1 Å². The van der Waals surface area contributed by atoms with Crippen LogP contribution in [-0.2, 0) is 0 Å². The summed E-state index contributed by atoms with van der Waals surface area (Å²) in [7, 11) is 0. The van der Waals surface area contributed by atoms with Crippen LogP contribution in [0.15, 0.2) is 17.2 Å². The van der Waals surface area contributed by atoms with Crippen molar-refractivity contribution in [2.24, 2.45) is 5.41 Å². The minimum atomic E-state index is 0.395. The summed E-state index contributed by atoms with van der Waals surface area (Å²) in [6.45, 7) is 12.4. The lowest BCUT2D eigenvalue weighted by molar-refractivity contribution is 0.287. The van der Waals surface area contributed by atoms with Crippen LogP contribution in [0.25, 0.3) is 0 Å². The second kappa shape index (κ2) is 6.48. The Morgan fingerprint density at radius 3 is 2.75 bits per heavy atom. The second-order valence-electron chi connectivity index (χ2n) is 6.74. The first-order valence-electron chi connectivity index (χ1n) is 7.77. The summed E-state index contributed by atoms with van der Waals surface area (Å²) < 4.78 is 0. The molecule has 1 N–H and O–H groups in total. The summed E-state index contributed by atoms with van der Waals surface area (Å²) in [5, 5.41) is 5.60. The van der Waals surface area contributed by atoms with E-state index < -0.39 is 0 Å². The molecule has 1 aliphatic rings. The van der Waals surface area contributed by atoms with Gasteiger partial charge in [0.2, 0.25) is 0 Å². The fourth-order valence-corrected chi connectivity index (χ4v) is 4.79. The van der Waals surface area contributed by atoms with Crippen molar-refractivity contribution in [2.45, 2.75) is 70.2 Å². The number of hydrogen-bond donors (Lipinski definition) is 1. The number of aryl methyl sites for hydroxylation is 2. The summed E-state index contributed by atoms with van der Waals surface area (Å²) in [5.74, 6) is 0. The Hall–Kier alpha value is -0.540. The fraction of sp³-hybridized carbons (Fsp3) is 0.706. The van der Waals surface area contributed by atoms with E-state index >= 15 is 0 Å². The van der Waals surface area contributed by atoms with Crippen molar-refractivity contribution < 1.29 is 0 Å². The Bertz CT molecular complexity index is 436. The van der Waals surface area contributed by atoms with E-state index in [9.17, 15) is 0 Å². The molecular weight excluding hydrogens is 264 g/mol. The molecule has 0 radical (unpaired) electrons. The molecule has 3 heteroatoms. The van der Waals surface area contributed by atoms with Crippen LogP contribution in [-0.4, -0.2) is 22.8 Å². The smallest absolute Gasteiger partial charge is 0.0968 e. The van der Waals surface area contributed by atoms with Crippen molar-refractivity contribution in [3.63, 3.8) is 0 Å². The minimum Gasteiger partial charge on any atom is -0.312 e. The van der Waals surface area contributed by atoms with Gasteiger partial charge in [0.1, 0.15) is 0 Å². The summed E-state index contributed by atoms with van der Waals surface area (Å²) >= 11 is 1.97. The molecule has 1 saturated carbocycles. The normalized spacial score (nSPS) is 25.1. The van der Waals surface area contributed by atoms with Gasteiger partial charge in [0.05, 0.1) is 5.03 Å². The Labute approximate surface area is 128 Å². The molecule has 2 rings (SSSR count). The molecule has 112 valence electrons. The number of pyridine rings is 1. The monoisotopic (exact) mass is 292 g/mol. The van der Waals surface area contributed by atoms with Crippen molar-refractivity contribution in [1.29, 1.82) is 0 Å². The molecule has 2 nitrogen and oxygen atoms in total. The molecule has 0 aliphatic heterocycles. The highest BCUT2D eigenvalue weighted by Crippen LogP contribution is 2.44. The SMILES string of the molecule is CCCNC1C(Sc2cc(C)cc(C)n2)CCC1(C)C. The summed E-state index contributed by atoms with van der Waals surface area (Å²) in [5.41, 5.74) is 2.84. The molecule has 0 amide bonds. The number of nitrogens with zero attached hydrogens (tertiary/aromatic N) is 1. The standard InChI is InChI=1S/C17H28N2S/c1-6-9-18-16-14(7-8-17(16,4)5)20-15-11-12(2)10-13(3)19-15/h10-11,14,16,18H,6-9H2,1-5H3. The van der Waals surface area contributed by atoms with Gasteiger partial charge in [0, 0.05) is 17.0 Å². The molecule has 0 aromatic carbocycles. The zero-order valence-electron chi connectivity index (χ0n) is 13.5. The van der Waals surface area contributed by atoms with Gasteiger partial charge in [-0.15, -0.1) is 11.8 Å². The largest absolute Gasteiger partial charge is 0.312 e. The first kappa shape index (κ1) is 15.8. The highest BCUT2D eigenvalue weighted by atomic mass is 32.2. The third-order valence-electron chi connectivity index (χ3n) is 4.25. The van der Waals surface area contributed by atoms with Gasteiger partial charge in [-0.25, -0.2) is 4.98 Å². The molecule has 1 aromatic heterocycles.